The Kier molecular flexibility index (Phi) is 4.14. The average molecular weight is 290 g/mol. The van der Waals surface area contributed by atoms with Gasteiger partial charge in [-0.1, -0.05) is 0 Å². The highest BCUT2D eigenvalue weighted by molar-refractivity contribution is 7.80. The van der Waals surface area contributed by atoms with E-state index in [0.29, 0.717) is 0 Å². The molecule has 0 aliphatic rings. The maximum absolute atomic E-state index is 13.0. The van der Waals surface area contributed by atoms with Gasteiger partial charge in [-0.25, -0.2) is 4.39 Å². The van der Waals surface area contributed by atoms with Crippen LogP contribution in [0.25, 0.3) is 5.69 Å². The quantitative estimate of drug-likeness (QED) is 0.518. The van der Waals surface area contributed by atoms with Crippen molar-refractivity contribution in [3.63, 3.8) is 0 Å². The van der Waals surface area contributed by atoms with Gasteiger partial charge in [0.05, 0.1) is 6.21 Å². The molecule has 0 fully saturated rings. The predicted molar refractivity (Wildman–Crippen MR) is 82.7 cm³/mol. The molecule has 104 valence electrons. The van der Waals surface area contributed by atoms with Gasteiger partial charge in [0.2, 0.25) is 0 Å². The van der Waals surface area contributed by atoms with Crippen molar-refractivity contribution in [1.82, 2.24) is 9.99 Å². The summed E-state index contributed by atoms with van der Waals surface area (Å²) >= 11 is 4.68. The molecule has 2 aromatic rings. The van der Waals surface area contributed by atoms with Crippen LogP contribution in [0.2, 0.25) is 0 Å². The molecule has 2 rings (SSSR count). The molecule has 0 amide bonds. The Labute approximate surface area is 122 Å². The van der Waals surface area contributed by atoms with Gasteiger partial charge in [-0.3, -0.25) is 5.43 Å². The number of nitrogens with two attached hydrogens (primary N) is 1. The van der Waals surface area contributed by atoms with Crippen molar-refractivity contribution in [3.8, 4) is 5.69 Å². The minimum atomic E-state index is -0.251. The monoisotopic (exact) mass is 290 g/mol. The van der Waals surface area contributed by atoms with E-state index in [9.17, 15) is 4.39 Å². The molecule has 0 unspecified atom stereocenters. The Morgan fingerprint density at radius 2 is 2.00 bits per heavy atom. The Hall–Kier alpha value is -2.21. The lowest BCUT2D eigenvalue weighted by Crippen LogP contribution is -2.24. The summed E-state index contributed by atoms with van der Waals surface area (Å²) in [5.41, 5.74) is 11.7. The van der Waals surface area contributed by atoms with Gasteiger partial charge < -0.3 is 10.3 Å². The fraction of sp³-hybridized carbons (Fsp3) is 0.143. The largest absolute Gasteiger partial charge is 0.375 e. The molecule has 0 bridgehead atoms. The molecular formula is C14H15FN4S. The highest BCUT2D eigenvalue weighted by Gasteiger charge is 2.09. The van der Waals surface area contributed by atoms with Crippen molar-refractivity contribution < 1.29 is 4.39 Å². The number of rotatable bonds is 3. The molecule has 0 saturated heterocycles. The summed E-state index contributed by atoms with van der Waals surface area (Å²) < 4.78 is 15.0. The van der Waals surface area contributed by atoms with E-state index in [1.54, 1.807) is 18.3 Å². The number of hydrazone groups is 1. The molecule has 0 aliphatic heterocycles. The van der Waals surface area contributed by atoms with Gasteiger partial charge in [0, 0.05) is 22.6 Å². The van der Waals surface area contributed by atoms with Crippen LogP contribution in [0.15, 0.2) is 35.4 Å². The minimum absolute atomic E-state index is 0.119. The standard InChI is InChI=1S/C14H15FN4S/c1-9-7-11(8-17-18-14(16)20)10(2)19(9)13-5-3-12(15)4-6-13/h3-8H,1-2H3,(H3,16,18,20)/b17-8+. The highest BCUT2D eigenvalue weighted by atomic mass is 32.1. The molecule has 1 heterocycles. The first kappa shape index (κ1) is 14.2. The van der Waals surface area contributed by atoms with Crippen molar-refractivity contribution in [1.29, 1.82) is 0 Å². The third-order valence-electron chi connectivity index (χ3n) is 2.93. The summed E-state index contributed by atoms with van der Waals surface area (Å²) in [6, 6.07) is 8.35. The number of hydrogen-bond acceptors (Lipinski definition) is 2. The van der Waals surface area contributed by atoms with E-state index < -0.39 is 0 Å². The number of thiocarbonyl (C=S) groups is 1. The number of hydrogen-bond donors (Lipinski definition) is 2. The fourth-order valence-corrected chi connectivity index (χ4v) is 2.12. The third-order valence-corrected chi connectivity index (χ3v) is 3.02. The van der Waals surface area contributed by atoms with E-state index in [1.807, 2.05) is 24.5 Å². The number of halogens is 1. The highest BCUT2D eigenvalue weighted by Crippen LogP contribution is 2.19. The van der Waals surface area contributed by atoms with Crippen LogP contribution in [0.1, 0.15) is 17.0 Å². The van der Waals surface area contributed by atoms with E-state index in [4.69, 9.17) is 5.73 Å². The molecule has 1 aromatic heterocycles. The van der Waals surface area contributed by atoms with E-state index in [2.05, 4.69) is 22.7 Å². The molecular weight excluding hydrogens is 275 g/mol. The van der Waals surface area contributed by atoms with Crippen LogP contribution in [0.3, 0.4) is 0 Å². The summed E-state index contributed by atoms with van der Waals surface area (Å²) in [5.74, 6) is -0.251. The average Bonchev–Trinajstić information content (AvgIpc) is 2.66. The van der Waals surface area contributed by atoms with Crippen LogP contribution >= 0.6 is 12.2 Å². The summed E-state index contributed by atoms with van der Waals surface area (Å²) in [7, 11) is 0. The van der Waals surface area contributed by atoms with Crippen molar-refractivity contribution in [2.75, 3.05) is 0 Å². The molecule has 0 saturated carbocycles. The van der Waals surface area contributed by atoms with Gasteiger partial charge in [-0.05, 0) is 56.4 Å². The van der Waals surface area contributed by atoms with Crippen molar-refractivity contribution in [2.24, 2.45) is 10.8 Å². The van der Waals surface area contributed by atoms with Gasteiger partial charge >= 0.3 is 0 Å². The lowest BCUT2D eigenvalue weighted by atomic mass is 10.2. The number of nitrogens with zero attached hydrogens (tertiary/aromatic N) is 2. The molecule has 0 radical (unpaired) electrons. The lowest BCUT2D eigenvalue weighted by Gasteiger charge is -2.09. The molecule has 0 atom stereocenters. The van der Waals surface area contributed by atoms with Crippen molar-refractivity contribution in [2.45, 2.75) is 13.8 Å². The van der Waals surface area contributed by atoms with Crippen LogP contribution in [0, 0.1) is 19.7 Å². The Balaban J connectivity index is 2.36. The van der Waals surface area contributed by atoms with Crippen LogP contribution < -0.4 is 11.2 Å². The first-order valence-corrected chi connectivity index (χ1v) is 6.43. The van der Waals surface area contributed by atoms with E-state index in [0.717, 1.165) is 22.6 Å². The minimum Gasteiger partial charge on any atom is -0.375 e. The predicted octanol–water partition coefficient (Wildman–Crippen LogP) is 2.40. The fourth-order valence-electron chi connectivity index (χ4n) is 2.07. The van der Waals surface area contributed by atoms with Gasteiger partial charge in [-0.2, -0.15) is 5.10 Å². The van der Waals surface area contributed by atoms with E-state index in [1.165, 1.54) is 12.1 Å². The second kappa shape index (κ2) is 5.83. The van der Waals surface area contributed by atoms with Gasteiger partial charge in [0.25, 0.3) is 0 Å². The number of aromatic nitrogens is 1. The molecule has 0 aliphatic carbocycles. The maximum Gasteiger partial charge on any atom is 0.184 e. The van der Waals surface area contributed by atoms with Gasteiger partial charge in [-0.15, -0.1) is 0 Å². The topological polar surface area (TPSA) is 55.3 Å². The zero-order chi connectivity index (χ0) is 14.7. The van der Waals surface area contributed by atoms with E-state index >= 15 is 0 Å². The van der Waals surface area contributed by atoms with Crippen LogP contribution in [0.5, 0.6) is 0 Å². The molecule has 20 heavy (non-hydrogen) atoms. The Morgan fingerprint density at radius 1 is 1.35 bits per heavy atom. The summed E-state index contributed by atoms with van der Waals surface area (Å²) in [5, 5.41) is 4.07. The van der Waals surface area contributed by atoms with Crippen LogP contribution in [-0.2, 0) is 0 Å². The molecule has 3 N–H and O–H groups in total. The Morgan fingerprint density at radius 3 is 2.60 bits per heavy atom. The maximum atomic E-state index is 13.0. The summed E-state index contributed by atoms with van der Waals surface area (Å²) in [6.45, 7) is 3.95. The smallest absolute Gasteiger partial charge is 0.184 e. The number of benzene rings is 1. The molecule has 4 nitrogen and oxygen atoms in total. The van der Waals surface area contributed by atoms with E-state index in [-0.39, 0.29) is 10.9 Å². The first-order chi connectivity index (χ1) is 9.49. The Bertz CT molecular complexity index is 659. The summed E-state index contributed by atoms with van der Waals surface area (Å²) in [4.78, 5) is 0. The number of aryl methyl sites for hydroxylation is 1. The lowest BCUT2D eigenvalue weighted by molar-refractivity contribution is 0.627. The third kappa shape index (κ3) is 3.03. The van der Waals surface area contributed by atoms with Crippen LogP contribution in [-0.4, -0.2) is 15.9 Å². The zero-order valence-electron chi connectivity index (χ0n) is 11.2. The second-order valence-corrected chi connectivity index (χ2v) is 4.81. The van der Waals surface area contributed by atoms with Crippen molar-refractivity contribution >= 4 is 23.5 Å². The zero-order valence-corrected chi connectivity index (χ0v) is 12.0. The molecule has 6 heteroatoms. The number of nitrogens with one attached hydrogen (secondary N) is 1. The van der Waals surface area contributed by atoms with Crippen molar-refractivity contribution in [3.05, 3.63) is 53.1 Å². The molecule has 0 spiro atoms. The normalized spacial score (nSPS) is 10.9. The first-order valence-electron chi connectivity index (χ1n) is 6.02. The van der Waals surface area contributed by atoms with Gasteiger partial charge in [0.15, 0.2) is 5.11 Å². The van der Waals surface area contributed by atoms with Crippen LogP contribution in [0.4, 0.5) is 4.39 Å². The summed E-state index contributed by atoms with van der Waals surface area (Å²) in [6.07, 6.45) is 1.65. The SMILES string of the molecule is Cc1cc(/C=N/NC(N)=S)c(C)n1-c1ccc(F)cc1. The van der Waals surface area contributed by atoms with Gasteiger partial charge in [0.1, 0.15) is 5.82 Å². The second-order valence-electron chi connectivity index (χ2n) is 4.37. The molecule has 1 aromatic carbocycles.